The van der Waals surface area contributed by atoms with E-state index < -0.39 is 17.8 Å². The van der Waals surface area contributed by atoms with Gasteiger partial charge in [0.2, 0.25) is 11.8 Å². The second-order valence-corrected chi connectivity index (χ2v) is 11.2. The Hall–Kier alpha value is -3.28. The molecule has 4 N–H and O–H groups in total. The Labute approximate surface area is 231 Å². The summed E-state index contributed by atoms with van der Waals surface area (Å²) in [6.45, 7) is 5.16. The highest BCUT2D eigenvalue weighted by atomic mass is 32.1. The number of carbonyl (C=O) groups is 3. The lowest BCUT2D eigenvalue weighted by Crippen LogP contribution is -2.50. The van der Waals surface area contributed by atoms with Gasteiger partial charge in [0.1, 0.15) is 24.2 Å². The van der Waals surface area contributed by atoms with Crippen LogP contribution in [-0.2, 0) is 14.3 Å². The topological polar surface area (TPSA) is 123 Å². The van der Waals surface area contributed by atoms with Gasteiger partial charge in [-0.1, -0.05) is 26.0 Å². The van der Waals surface area contributed by atoms with E-state index in [0.29, 0.717) is 41.3 Å². The lowest BCUT2D eigenvalue weighted by Gasteiger charge is -2.24. The molecule has 3 atom stereocenters. The fourth-order valence-corrected chi connectivity index (χ4v) is 5.31. The summed E-state index contributed by atoms with van der Waals surface area (Å²) in [5.41, 5.74) is 7.33. The normalized spacial score (nSPS) is 23.5. The van der Waals surface area contributed by atoms with Crippen molar-refractivity contribution in [3.8, 4) is 16.9 Å². The number of halogens is 1. The van der Waals surface area contributed by atoms with E-state index in [4.69, 9.17) is 15.2 Å². The van der Waals surface area contributed by atoms with Gasteiger partial charge >= 0.3 is 0 Å². The van der Waals surface area contributed by atoms with E-state index in [2.05, 4.69) is 10.6 Å². The molecule has 39 heavy (non-hydrogen) atoms. The maximum atomic E-state index is 14.5. The Morgan fingerprint density at radius 2 is 2.03 bits per heavy atom. The third-order valence-corrected chi connectivity index (χ3v) is 7.43. The number of amides is 3. The van der Waals surface area contributed by atoms with E-state index in [0.717, 1.165) is 0 Å². The van der Waals surface area contributed by atoms with Gasteiger partial charge in [-0.2, -0.15) is 0 Å². The van der Waals surface area contributed by atoms with E-state index >= 15 is 0 Å². The van der Waals surface area contributed by atoms with Gasteiger partial charge in [0.05, 0.1) is 24.1 Å². The minimum atomic E-state index is -0.913. The van der Waals surface area contributed by atoms with Crippen LogP contribution in [-0.4, -0.2) is 73.7 Å². The average molecular weight is 559 g/mol. The Kier molecular flexibility index (Phi) is 9.71. The average Bonchev–Trinajstić information content (AvgIpc) is 3.53. The van der Waals surface area contributed by atoms with Crippen molar-refractivity contribution >= 4 is 29.1 Å². The van der Waals surface area contributed by atoms with E-state index in [1.807, 2.05) is 13.8 Å². The van der Waals surface area contributed by atoms with Crippen molar-refractivity contribution in [2.75, 3.05) is 32.9 Å². The Bertz CT molecular complexity index is 1220. The standard InChI is InChI=1S/C28H35FN4O5S/c1-17(2)12-31-27(35)24-15-37-6-4-3-5-26(34)33-13-21(30)11-22(33)14-38-23-8-18(7-20(29)10-23)19-9-25(39-16-19)28(36)32-24/h3-4,7-10,16-17,21-22,24H,5-6,11-15,30H2,1-2H3,(H,31,35)(H,32,36)/b4-3-/t21-,22-,24-/m0/s1. The van der Waals surface area contributed by atoms with Crippen LogP contribution in [0.1, 0.15) is 36.4 Å². The maximum absolute atomic E-state index is 14.5. The molecule has 1 aromatic heterocycles. The van der Waals surface area contributed by atoms with Crippen LogP contribution in [0.5, 0.6) is 5.75 Å². The molecule has 0 aliphatic carbocycles. The summed E-state index contributed by atoms with van der Waals surface area (Å²) in [6.07, 6.45) is 4.17. The number of rotatable bonds is 3. The number of ether oxygens (including phenoxy) is 2. The van der Waals surface area contributed by atoms with Crippen LogP contribution in [0.4, 0.5) is 4.39 Å². The highest BCUT2D eigenvalue weighted by Crippen LogP contribution is 2.30. The number of carbonyl (C=O) groups excluding carboxylic acids is 3. The summed E-state index contributed by atoms with van der Waals surface area (Å²) in [5.74, 6) is -0.793. The maximum Gasteiger partial charge on any atom is 0.262 e. The highest BCUT2D eigenvalue weighted by Gasteiger charge is 2.33. The molecule has 210 valence electrons. The second kappa shape index (κ2) is 13.2. The number of fused-ring (bicyclic) bond motifs is 6. The van der Waals surface area contributed by atoms with Gasteiger partial charge in [-0.3, -0.25) is 14.4 Å². The summed E-state index contributed by atoms with van der Waals surface area (Å²) in [5, 5.41) is 7.33. The first-order valence-corrected chi connectivity index (χ1v) is 14.0. The van der Waals surface area contributed by atoms with Crippen molar-refractivity contribution < 1.29 is 28.2 Å². The molecule has 3 amide bonds. The summed E-state index contributed by atoms with van der Waals surface area (Å²) < 4.78 is 26.1. The smallest absolute Gasteiger partial charge is 0.262 e. The Morgan fingerprint density at radius 3 is 2.82 bits per heavy atom. The molecule has 0 unspecified atom stereocenters. The summed E-state index contributed by atoms with van der Waals surface area (Å²) >= 11 is 1.19. The first-order chi connectivity index (χ1) is 18.7. The van der Waals surface area contributed by atoms with Crippen molar-refractivity contribution in [2.24, 2.45) is 11.7 Å². The molecule has 0 saturated carbocycles. The van der Waals surface area contributed by atoms with E-state index in [9.17, 15) is 18.8 Å². The number of nitrogens with one attached hydrogen (secondary N) is 2. The van der Waals surface area contributed by atoms with Gasteiger partial charge in [0, 0.05) is 31.6 Å². The molecule has 4 rings (SSSR count). The Morgan fingerprint density at radius 1 is 1.21 bits per heavy atom. The molecule has 2 aliphatic rings. The van der Waals surface area contributed by atoms with Crippen molar-refractivity contribution in [2.45, 2.75) is 44.8 Å². The molecule has 1 fully saturated rings. The highest BCUT2D eigenvalue weighted by molar-refractivity contribution is 7.12. The van der Waals surface area contributed by atoms with Crippen molar-refractivity contribution in [3.63, 3.8) is 0 Å². The third-order valence-electron chi connectivity index (χ3n) is 6.50. The number of hydrogen-bond donors (Lipinski definition) is 3. The molecule has 9 nitrogen and oxygen atoms in total. The summed E-state index contributed by atoms with van der Waals surface area (Å²) in [6, 6.07) is 4.71. The van der Waals surface area contributed by atoms with Gasteiger partial charge in [0.25, 0.3) is 5.91 Å². The van der Waals surface area contributed by atoms with E-state index in [1.54, 1.807) is 34.6 Å². The second-order valence-electron chi connectivity index (χ2n) is 10.3. The molecule has 2 aliphatic heterocycles. The molecule has 2 aromatic rings. The summed E-state index contributed by atoms with van der Waals surface area (Å²) in [7, 11) is 0. The van der Waals surface area contributed by atoms with Crippen molar-refractivity contribution in [3.05, 3.63) is 52.5 Å². The van der Waals surface area contributed by atoms with E-state index in [-0.39, 0.29) is 56.1 Å². The number of nitrogens with two attached hydrogens (primary N) is 1. The van der Waals surface area contributed by atoms with Crippen LogP contribution in [0.15, 0.2) is 41.8 Å². The minimum Gasteiger partial charge on any atom is -0.491 e. The van der Waals surface area contributed by atoms with Gasteiger partial charge in [-0.05, 0) is 47.0 Å². The number of hydrogen-bond acceptors (Lipinski definition) is 7. The van der Waals surface area contributed by atoms with Crippen LogP contribution < -0.4 is 21.1 Å². The molecular formula is C28H35FN4O5S. The van der Waals surface area contributed by atoms with Crippen LogP contribution in [0.25, 0.3) is 11.1 Å². The number of benzene rings is 1. The zero-order valence-electron chi connectivity index (χ0n) is 22.2. The lowest BCUT2D eigenvalue weighted by molar-refractivity contribution is -0.131. The number of thiophene rings is 1. The third kappa shape index (κ3) is 7.87. The van der Waals surface area contributed by atoms with E-state index in [1.165, 1.54) is 23.5 Å². The van der Waals surface area contributed by atoms with Crippen LogP contribution >= 0.6 is 11.3 Å². The monoisotopic (exact) mass is 558 g/mol. The molecule has 3 heterocycles. The largest absolute Gasteiger partial charge is 0.491 e. The van der Waals surface area contributed by atoms with Crippen molar-refractivity contribution in [1.82, 2.24) is 15.5 Å². The van der Waals surface area contributed by atoms with Crippen molar-refractivity contribution in [1.29, 1.82) is 0 Å². The SMILES string of the molecule is CC(C)CNC(=O)[C@@H]1COC/C=C\CC(=O)N2C[C@@H](N)C[C@H]2COc2cc(F)cc(c2)-c2csc(c2)C(=O)N1. The predicted octanol–water partition coefficient (Wildman–Crippen LogP) is 2.71. The lowest BCUT2D eigenvalue weighted by atomic mass is 10.1. The molecule has 1 aromatic carbocycles. The van der Waals surface area contributed by atoms with Crippen LogP contribution in [0, 0.1) is 11.7 Å². The molecule has 11 heteroatoms. The van der Waals surface area contributed by atoms with Crippen LogP contribution in [0.3, 0.4) is 0 Å². The number of nitrogens with zero attached hydrogens (tertiary/aromatic N) is 1. The first kappa shape index (κ1) is 28.7. The molecule has 0 radical (unpaired) electrons. The fraction of sp³-hybridized carbons (Fsp3) is 0.464. The minimum absolute atomic E-state index is 0.0418. The molecule has 1 saturated heterocycles. The zero-order chi connectivity index (χ0) is 27.9. The molecular weight excluding hydrogens is 523 g/mol. The quantitative estimate of drug-likeness (QED) is 0.498. The molecule has 0 spiro atoms. The fourth-order valence-electron chi connectivity index (χ4n) is 4.49. The predicted molar refractivity (Wildman–Crippen MR) is 147 cm³/mol. The van der Waals surface area contributed by atoms with Gasteiger partial charge in [0.15, 0.2) is 0 Å². The Balaban J connectivity index is 1.59. The molecule has 4 bridgehead atoms. The summed E-state index contributed by atoms with van der Waals surface area (Å²) in [4.78, 5) is 40.8. The van der Waals surface area contributed by atoms with Crippen LogP contribution in [0.2, 0.25) is 0 Å². The van der Waals surface area contributed by atoms with Gasteiger partial charge in [-0.15, -0.1) is 11.3 Å². The van der Waals surface area contributed by atoms with Gasteiger partial charge in [-0.25, -0.2) is 4.39 Å². The first-order valence-electron chi connectivity index (χ1n) is 13.1. The zero-order valence-corrected chi connectivity index (χ0v) is 23.0. The van der Waals surface area contributed by atoms with Gasteiger partial charge < -0.3 is 30.7 Å².